The third-order valence-electron chi connectivity index (χ3n) is 6.49. The van der Waals surface area contributed by atoms with Gasteiger partial charge in [0, 0.05) is 33.4 Å². The predicted molar refractivity (Wildman–Crippen MR) is 157 cm³/mol. The molecular weight excluding hydrogens is 530 g/mol. The first-order valence-corrected chi connectivity index (χ1v) is 13.7. The zero-order valence-corrected chi connectivity index (χ0v) is 25.4. The number of benzene rings is 1. The number of likely N-dealkylation sites (N-methyl/N-ethyl adjacent to an activating group) is 3. The molecule has 0 aliphatic rings. The topological polar surface area (TPSA) is 175 Å². The van der Waals surface area contributed by atoms with Gasteiger partial charge >= 0.3 is 12.1 Å². The van der Waals surface area contributed by atoms with E-state index in [4.69, 9.17) is 10.5 Å². The number of carbonyl (C=O) groups excluding carboxylic acids is 5. The van der Waals surface area contributed by atoms with E-state index in [-0.39, 0.29) is 30.3 Å². The SMILES string of the molecule is CNC(CCCNC(N)=O)C(=O)Nc1ccc(COC(=O)N(C)C(C(=O)NC(C(=O)N(C)C)C(C)C)C(C)C)cc1. The van der Waals surface area contributed by atoms with Crippen LogP contribution in [-0.4, -0.2) is 92.5 Å². The Bertz CT molecular complexity index is 1030. The average molecular weight is 578 g/mol. The number of amides is 6. The summed E-state index contributed by atoms with van der Waals surface area (Å²) in [4.78, 5) is 64.6. The number of anilines is 1. The molecular formula is C28H47N7O6. The van der Waals surface area contributed by atoms with Crippen molar-refractivity contribution < 1.29 is 28.7 Å². The van der Waals surface area contributed by atoms with Gasteiger partial charge < -0.3 is 36.6 Å². The van der Waals surface area contributed by atoms with Crippen LogP contribution in [0.2, 0.25) is 0 Å². The maximum atomic E-state index is 13.2. The maximum absolute atomic E-state index is 13.2. The number of rotatable bonds is 15. The molecule has 0 radical (unpaired) electrons. The second kappa shape index (κ2) is 17.1. The van der Waals surface area contributed by atoms with E-state index in [1.165, 1.54) is 16.8 Å². The first-order chi connectivity index (χ1) is 19.2. The summed E-state index contributed by atoms with van der Waals surface area (Å²) in [6.07, 6.45) is 0.398. The third kappa shape index (κ3) is 11.6. The van der Waals surface area contributed by atoms with Crippen molar-refractivity contribution in [2.45, 2.75) is 65.3 Å². The number of primary amides is 1. The van der Waals surface area contributed by atoms with Gasteiger partial charge in [0.1, 0.15) is 18.7 Å². The number of ether oxygens (including phenoxy) is 1. The van der Waals surface area contributed by atoms with Crippen LogP contribution in [0.4, 0.5) is 15.3 Å². The van der Waals surface area contributed by atoms with E-state index in [2.05, 4.69) is 21.3 Å². The van der Waals surface area contributed by atoms with Gasteiger partial charge in [0.2, 0.25) is 17.7 Å². The summed E-state index contributed by atoms with van der Waals surface area (Å²) in [6.45, 7) is 7.66. The van der Waals surface area contributed by atoms with E-state index in [1.54, 1.807) is 45.4 Å². The lowest BCUT2D eigenvalue weighted by atomic mass is 9.99. The van der Waals surface area contributed by atoms with E-state index in [1.807, 2.05) is 27.7 Å². The summed E-state index contributed by atoms with van der Waals surface area (Å²) in [6, 6.07) is 4.22. The average Bonchev–Trinajstić information content (AvgIpc) is 2.90. The zero-order valence-electron chi connectivity index (χ0n) is 25.4. The maximum Gasteiger partial charge on any atom is 0.410 e. The van der Waals surface area contributed by atoms with Crippen molar-refractivity contribution in [3.05, 3.63) is 29.8 Å². The lowest BCUT2D eigenvalue weighted by Gasteiger charge is -2.32. The van der Waals surface area contributed by atoms with Gasteiger partial charge in [0.15, 0.2) is 0 Å². The van der Waals surface area contributed by atoms with Crippen molar-refractivity contribution in [3.63, 3.8) is 0 Å². The molecule has 0 aliphatic heterocycles. The predicted octanol–water partition coefficient (Wildman–Crippen LogP) is 1.48. The van der Waals surface area contributed by atoms with E-state index >= 15 is 0 Å². The Kier molecular flexibility index (Phi) is 14.6. The molecule has 6 amide bonds. The highest BCUT2D eigenvalue weighted by molar-refractivity contribution is 5.95. The van der Waals surface area contributed by atoms with E-state index in [0.29, 0.717) is 30.6 Å². The normalized spacial score (nSPS) is 13.1. The lowest BCUT2D eigenvalue weighted by molar-refractivity contribution is -0.137. The van der Waals surface area contributed by atoms with Gasteiger partial charge in [0.25, 0.3) is 0 Å². The molecule has 0 fully saturated rings. The highest BCUT2D eigenvalue weighted by Gasteiger charge is 2.34. The van der Waals surface area contributed by atoms with Crippen molar-refractivity contribution in [1.82, 2.24) is 25.8 Å². The molecule has 13 nitrogen and oxygen atoms in total. The van der Waals surface area contributed by atoms with Crippen LogP contribution < -0.4 is 27.0 Å². The van der Waals surface area contributed by atoms with E-state index in [0.717, 1.165) is 0 Å². The van der Waals surface area contributed by atoms with Crippen molar-refractivity contribution in [1.29, 1.82) is 0 Å². The second-order valence-corrected chi connectivity index (χ2v) is 10.8. The molecule has 0 heterocycles. The molecule has 0 spiro atoms. The third-order valence-corrected chi connectivity index (χ3v) is 6.49. The highest BCUT2D eigenvalue weighted by Crippen LogP contribution is 2.16. The Hall–Kier alpha value is -3.87. The molecule has 0 aromatic heterocycles. The molecule has 3 atom stereocenters. The summed E-state index contributed by atoms with van der Waals surface area (Å²) in [5.74, 6) is -1.26. The van der Waals surface area contributed by atoms with Crippen LogP contribution in [0.1, 0.15) is 46.1 Å². The van der Waals surface area contributed by atoms with Crippen LogP contribution in [-0.2, 0) is 25.7 Å². The Labute approximate surface area is 242 Å². The number of hydrogen-bond acceptors (Lipinski definition) is 7. The van der Waals surface area contributed by atoms with Crippen LogP contribution >= 0.6 is 0 Å². The molecule has 0 saturated heterocycles. The Morgan fingerprint density at radius 2 is 1.54 bits per heavy atom. The Morgan fingerprint density at radius 3 is 2.02 bits per heavy atom. The fourth-order valence-electron chi connectivity index (χ4n) is 4.15. The summed E-state index contributed by atoms with van der Waals surface area (Å²) in [5, 5.41) is 11.1. The van der Waals surface area contributed by atoms with E-state index in [9.17, 15) is 24.0 Å². The summed E-state index contributed by atoms with van der Waals surface area (Å²) in [5.41, 5.74) is 6.30. The molecule has 1 aromatic rings. The highest BCUT2D eigenvalue weighted by atomic mass is 16.6. The number of urea groups is 1. The summed E-state index contributed by atoms with van der Waals surface area (Å²) >= 11 is 0. The molecule has 0 aliphatic carbocycles. The monoisotopic (exact) mass is 577 g/mol. The smallest absolute Gasteiger partial charge is 0.410 e. The van der Waals surface area contributed by atoms with Gasteiger partial charge in [0.05, 0.1) is 6.04 Å². The minimum absolute atomic E-state index is 0.0381. The minimum atomic E-state index is -0.844. The van der Waals surface area contributed by atoms with Crippen LogP contribution in [0.3, 0.4) is 0 Å². The van der Waals surface area contributed by atoms with Gasteiger partial charge in [-0.1, -0.05) is 39.8 Å². The lowest BCUT2D eigenvalue weighted by Crippen LogP contribution is -2.57. The molecule has 1 aromatic carbocycles. The molecule has 0 saturated carbocycles. The Morgan fingerprint density at radius 1 is 0.927 bits per heavy atom. The van der Waals surface area contributed by atoms with Gasteiger partial charge in [-0.05, 0) is 49.4 Å². The second-order valence-electron chi connectivity index (χ2n) is 10.8. The molecule has 13 heteroatoms. The summed E-state index contributed by atoms with van der Waals surface area (Å²) < 4.78 is 5.45. The van der Waals surface area contributed by atoms with Crippen molar-refractivity contribution in [2.75, 3.05) is 40.1 Å². The van der Waals surface area contributed by atoms with Crippen molar-refractivity contribution >= 4 is 35.5 Å². The number of nitrogens with zero attached hydrogens (tertiary/aromatic N) is 2. The molecule has 6 N–H and O–H groups in total. The summed E-state index contributed by atoms with van der Waals surface area (Å²) in [7, 11) is 6.43. The minimum Gasteiger partial charge on any atom is -0.445 e. The van der Waals surface area contributed by atoms with Gasteiger partial charge in [-0.2, -0.15) is 0 Å². The fourth-order valence-corrected chi connectivity index (χ4v) is 4.15. The van der Waals surface area contributed by atoms with E-state index < -0.39 is 36.2 Å². The molecule has 0 bridgehead atoms. The fraction of sp³-hybridized carbons (Fsp3) is 0.607. The van der Waals surface area contributed by atoms with Gasteiger partial charge in [-0.15, -0.1) is 0 Å². The van der Waals surface area contributed by atoms with Crippen LogP contribution in [0.25, 0.3) is 0 Å². The van der Waals surface area contributed by atoms with Crippen LogP contribution in [0, 0.1) is 11.8 Å². The van der Waals surface area contributed by atoms with Crippen molar-refractivity contribution in [3.8, 4) is 0 Å². The number of hydrogen-bond donors (Lipinski definition) is 5. The first kappa shape index (κ1) is 35.2. The molecule has 230 valence electrons. The standard InChI is InChI=1S/C28H47N7O6/c1-17(2)22(26(38)34(6)7)33-25(37)23(18(3)4)35(8)28(40)41-16-19-11-13-20(14-12-19)32-24(36)21(30-5)10-9-15-31-27(29)39/h11-14,17-18,21-23,30H,9-10,15-16H2,1-8H3,(H,32,36)(H,33,37)(H3,29,31,39). The molecule has 1 rings (SSSR count). The zero-order chi connectivity index (χ0) is 31.3. The first-order valence-electron chi connectivity index (χ1n) is 13.7. The molecule has 3 unspecified atom stereocenters. The van der Waals surface area contributed by atoms with Gasteiger partial charge in [-0.25, -0.2) is 9.59 Å². The van der Waals surface area contributed by atoms with Crippen LogP contribution in [0.5, 0.6) is 0 Å². The Balaban J connectivity index is 2.73. The molecule has 41 heavy (non-hydrogen) atoms. The van der Waals surface area contributed by atoms with Gasteiger partial charge in [-0.3, -0.25) is 19.3 Å². The quantitative estimate of drug-likeness (QED) is 0.196. The largest absolute Gasteiger partial charge is 0.445 e. The number of nitrogens with two attached hydrogens (primary N) is 1. The van der Waals surface area contributed by atoms with Crippen LogP contribution in [0.15, 0.2) is 24.3 Å². The number of carbonyl (C=O) groups is 5. The van der Waals surface area contributed by atoms with Crippen molar-refractivity contribution in [2.24, 2.45) is 17.6 Å². The number of nitrogens with one attached hydrogen (secondary N) is 4.